The number of phenolic OH excluding ortho intramolecular Hbond substituents is 1. The highest BCUT2D eigenvalue weighted by molar-refractivity contribution is 5.72. The molecule has 2 aromatic carbocycles. The van der Waals surface area contributed by atoms with Crippen molar-refractivity contribution in [3.05, 3.63) is 54.1 Å². The highest BCUT2D eigenvalue weighted by Gasteiger charge is 2.06. The lowest BCUT2D eigenvalue weighted by atomic mass is 9.97. The summed E-state index contributed by atoms with van der Waals surface area (Å²) in [5, 5.41) is 9.78. The minimum absolute atomic E-state index is 0. The van der Waals surface area contributed by atoms with Crippen LogP contribution in [-0.4, -0.2) is 5.11 Å². The summed E-state index contributed by atoms with van der Waals surface area (Å²) in [6.45, 7) is 2.12. The van der Waals surface area contributed by atoms with Crippen molar-refractivity contribution in [1.82, 2.24) is 6.15 Å². The maximum atomic E-state index is 9.78. The van der Waals surface area contributed by atoms with E-state index in [9.17, 15) is 5.11 Å². The number of phenols is 1. The van der Waals surface area contributed by atoms with Crippen LogP contribution in [0.2, 0.25) is 0 Å². The molecule has 0 saturated carbocycles. The van der Waals surface area contributed by atoms with E-state index in [1.165, 1.54) is 5.56 Å². The van der Waals surface area contributed by atoms with Gasteiger partial charge in [-0.1, -0.05) is 49.4 Å². The third kappa shape index (κ3) is 2.23. The number of para-hydroxylation sites is 1. The van der Waals surface area contributed by atoms with Crippen molar-refractivity contribution in [1.29, 1.82) is 0 Å². The first kappa shape index (κ1) is 12.3. The Hall–Kier alpha value is -1.80. The minimum Gasteiger partial charge on any atom is -0.507 e. The summed E-state index contributed by atoms with van der Waals surface area (Å²) in [7, 11) is 0. The van der Waals surface area contributed by atoms with Gasteiger partial charge in [0.05, 0.1) is 0 Å². The van der Waals surface area contributed by atoms with Crippen LogP contribution >= 0.6 is 0 Å². The fourth-order valence-electron chi connectivity index (χ4n) is 1.79. The second-order valence-corrected chi connectivity index (χ2v) is 3.53. The maximum absolute atomic E-state index is 9.78. The Balaban J connectivity index is 0.00000128. The van der Waals surface area contributed by atoms with Crippen molar-refractivity contribution in [2.75, 3.05) is 0 Å². The molecule has 0 spiro atoms. The van der Waals surface area contributed by atoms with Crippen molar-refractivity contribution in [2.45, 2.75) is 13.3 Å². The predicted octanol–water partition coefficient (Wildman–Crippen LogP) is 3.78. The summed E-state index contributed by atoms with van der Waals surface area (Å²) < 4.78 is 0. The average Bonchev–Trinajstić information content (AvgIpc) is 2.30. The normalized spacial score (nSPS) is 9.56. The molecule has 0 aliphatic carbocycles. The Morgan fingerprint density at radius 2 is 1.44 bits per heavy atom. The molecule has 84 valence electrons. The Kier molecular flexibility index (Phi) is 4.09. The first-order valence-corrected chi connectivity index (χ1v) is 5.19. The van der Waals surface area contributed by atoms with Gasteiger partial charge in [-0.25, -0.2) is 0 Å². The Labute approximate surface area is 96.1 Å². The van der Waals surface area contributed by atoms with Crippen molar-refractivity contribution >= 4 is 0 Å². The van der Waals surface area contributed by atoms with Crippen LogP contribution in [-0.2, 0) is 6.42 Å². The molecule has 0 saturated heterocycles. The molecule has 0 aliphatic heterocycles. The van der Waals surface area contributed by atoms with Crippen LogP contribution in [0.25, 0.3) is 11.1 Å². The van der Waals surface area contributed by atoms with Crippen molar-refractivity contribution in [3.63, 3.8) is 0 Å². The van der Waals surface area contributed by atoms with Gasteiger partial charge in [0.1, 0.15) is 5.75 Å². The number of aryl methyl sites for hydroxylation is 1. The van der Waals surface area contributed by atoms with E-state index in [0.29, 0.717) is 5.75 Å². The molecule has 2 aromatic rings. The molecule has 16 heavy (non-hydrogen) atoms. The third-order valence-corrected chi connectivity index (χ3v) is 2.59. The molecule has 0 fully saturated rings. The predicted molar refractivity (Wildman–Crippen MR) is 67.9 cm³/mol. The summed E-state index contributed by atoms with van der Waals surface area (Å²) in [5.41, 5.74) is 3.30. The molecular weight excluding hydrogens is 198 g/mol. The molecule has 2 heteroatoms. The van der Waals surface area contributed by atoms with Gasteiger partial charge in [-0.05, 0) is 23.6 Å². The molecular formula is C14H17NO. The maximum Gasteiger partial charge on any atom is 0.123 e. The number of hydrogen-bond donors (Lipinski definition) is 2. The van der Waals surface area contributed by atoms with Gasteiger partial charge in [0.2, 0.25) is 0 Å². The molecule has 2 rings (SSSR count). The Bertz CT molecular complexity index is 466. The Morgan fingerprint density at radius 1 is 0.875 bits per heavy atom. The van der Waals surface area contributed by atoms with Gasteiger partial charge in [0, 0.05) is 5.56 Å². The number of aromatic hydroxyl groups is 1. The van der Waals surface area contributed by atoms with E-state index in [2.05, 4.69) is 13.0 Å². The second-order valence-electron chi connectivity index (χ2n) is 3.53. The summed E-state index contributed by atoms with van der Waals surface area (Å²) in [4.78, 5) is 0. The fraction of sp³-hybridized carbons (Fsp3) is 0.143. The second kappa shape index (κ2) is 5.33. The van der Waals surface area contributed by atoms with E-state index in [1.807, 2.05) is 36.4 Å². The SMILES string of the molecule is CCc1ccccc1-c1ccccc1O.N. The zero-order valence-electron chi connectivity index (χ0n) is 9.48. The standard InChI is InChI=1S/C14H14O.H3N/c1-2-11-7-3-4-8-12(11)13-9-5-6-10-14(13)15;/h3-10,15H,2H2,1H3;1H3. The largest absolute Gasteiger partial charge is 0.507 e. The summed E-state index contributed by atoms with van der Waals surface area (Å²) in [6, 6.07) is 15.6. The molecule has 0 aromatic heterocycles. The zero-order valence-corrected chi connectivity index (χ0v) is 9.48. The van der Waals surface area contributed by atoms with Crippen molar-refractivity contribution in [2.24, 2.45) is 0 Å². The van der Waals surface area contributed by atoms with Gasteiger partial charge in [0.25, 0.3) is 0 Å². The lowest BCUT2D eigenvalue weighted by molar-refractivity contribution is 0.477. The van der Waals surface area contributed by atoms with Crippen LogP contribution in [0, 0.1) is 0 Å². The van der Waals surface area contributed by atoms with Crippen LogP contribution in [0.15, 0.2) is 48.5 Å². The lowest BCUT2D eigenvalue weighted by Gasteiger charge is -2.09. The van der Waals surface area contributed by atoms with Crippen LogP contribution in [0.1, 0.15) is 12.5 Å². The summed E-state index contributed by atoms with van der Waals surface area (Å²) in [6.07, 6.45) is 0.977. The van der Waals surface area contributed by atoms with Gasteiger partial charge < -0.3 is 11.3 Å². The average molecular weight is 215 g/mol. The van der Waals surface area contributed by atoms with Gasteiger partial charge in [-0.15, -0.1) is 0 Å². The quantitative estimate of drug-likeness (QED) is 0.800. The number of hydrogen-bond acceptors (Lipinski definition) is 2. The molecule has 0 aliphatic rings. The van der Waals surface area contributed by atoms with Crippen molar-refractivity contribution in [3.8, 4) is 16.9 Å². The minimum atomic E-state index is 0. The highest BCUT2D eigenvalue weighted by Crippen LogP contribution is 2.31. The smallest absolute Gasteiger partial charge is 0.123 e. The van der Waals surface area contributed by atoms with Crippen LogP contribution in [0.3, 0.4) is 0 Å². The van der Waals surface area contributed by atoms with Gasteiger partial charge in [-0.3, -0.25) is 0 Å². The summed E-state index contributed by atoms with van der Waals surface area (Å²) >= 11 is 0. The fourth-order valence-corrected chi connectivity index (χ4v) is 1.79. The molecule has 2 nitrogen and oxygen atoms in total. The number of benzene rings is 2. The monoisotopic (exact) mass is 215 g/mol. The van der Waals surface area contributed by atoms with Crippen molar-refractivity contribution < 1.29 is 5.11 Å². The molecule has 0 unspecified atom stereocenters. The van der Waals surface area contributed by atoms with E-state index < -0.39 is 0 Å². The summed E-state index contributed by atoms with van der Waals surface area (Å²) in [5.74, 6) is 0.346. The van der Waals surface area contributed by atoms with E-state index >= 15 is 0 Å². The molecule has 0 radical (unpaired) electrons. The third-order valence-electron chi connectivity index (χ3n) is 2.59. The van der Waals surface area contributed by atoms with Crippen LogP contribution < -0.4 is 6.15 Å². The molecule has 0 heterocycles. The van der Waals surface area contributed by atoms with E-state index in [-0.39, 0.29) is 6.15 Å². The molecule has 0 bridgehead atoms. The topological polar surface area (TPSA) is 55.2 Å². The zero-order chi connectivity index (χ0) is 10.7. The van der Waals surface area contributed by atoms with Gasteiger partial charge in [-0.2, -0.15) is 0 Å². The van der Waals surface area contributed by atoms with Gasteiger partial charge >= 0.3 is 0 Å². The van der Waals surface area contributed by atoms with Crippen LogP contribution in [0.4, 0.5) is 0 Å². The van der Waals surface area contributed by atoms with Crippen LogP contribution in [0.5, 0.6) is 5.75 Å². The molecule has 0 atom stereocenters. The highest BCUT2D eigenvalue weighted by atomic mass is 16.3. The number of rotatable bonds is 2. The van der Waals surface area contributed by atoms with E-state index in [4.69, 9.17) is 0 Å². The molecule has 4 N–H and O–H groups in total. The lowest BCUT2D eigenvalue weighted by Crippen LogP contribution is -1.87. The van der Waals surface area contributed by atoms with E-state index in [0.717, 1.165) is 17.5 Å². The molecule has 0 amide bonds. The first-order chi connectivity index (χ1) is 7.33. The van der Waals surface area contributed by atoms with E-state index in [1.54, 1.807) is 6.07 Å². The first-order valence-electron chi connectivity index (χ1n) is 5.19. The van der Waals surface area contributed by atoms with Gasteiger partial charge in [0.15, 0.2) is 0 Å². The Morgan fingerprint density at radius 3 is 2.06 bits per heavy atom.